The molecule has 0 aliphatic rings. The molecular formula is C10H14NO+. The molecule has 12 heavy (non-hydrogen) atoms. The summed E-state index contributed by atoms with van der Waals surface area (Å²) in [5, 5.41) is 0. The minimum absolute atomic E-state index is 0.401. The van der Waals surface area contributed by atoms with Crippen LogP contribution in [0.1, 0.15) is 25.3 Å². The van der Waals surface area contributed by atoms with E-state index in [1.807, 2.05) is 24.3 Å². The molecule has 2 nitrogen and oxygen atoms in total. The summed E-state index contributed by atoms with van der Waals surface area (Å²) in [6, 6.07) is 7.69. The van der Waals surface area contributed by atoms with Gasteiger partial charge in [0, 0.05) is 21.3 Å². The minimum Gasteiger partial charge on any atom is -0.0615 e. The number of nitrogens with zero attached hydrogens (tertiary/aromatic N) is 1. The Balaban J connectivity index is 3.17. The van der Waals surface area contributed by atoms with Crippen LogP contribution in [0.15, 0.2) is 24.3 Å². The molecule has 0 saturated heterocycles. The maximum absolute atomic E-state index is 11.1. The van der Waals surface area contributed by atoms with E-state index in [9.17, 15) is 4.91 Å². The summed E-state index contributed by atoms with van der Waals surface area (Å²) in [5.74, 6) is 0.401. The highest BCUT2D eigenvalue weighted by molar-refractivity contribution is 5.41. The van der Waals surface area contributed by atoms with Gasteiger partial charge in [0.2, 0.25) is 0 Å². The van der Waals surface area contributed by atoms with Crippen LogP contribution in [0.4, 0.5) is 5.69 Å². The molecule has 1 aromatic rings. The largest absolute Gasteiger partial charge is 0.259 e. The Labute approximate surface area is 72.8 Å². The molecule has 1 aromatic carbocycles. The summed E-state index contributed by atoms with van der Waals surface area (Å²) in [4.78, 5) is 11.1. The van der Waals surface area contributed by atoms with E-state index in [0.29, 0.717) is 5.92 Å². The van der Waals surface area contributed by atoms with Crippen molar-refractivity contribution in [3.8, 4) is 0 Å². The molecule has 0 saturated carbocycles. The standard InChI is InChI=1S/C10H14NO/c1-8(2)9-6-4-5-7-10(9)11(3)12/h4-8H,1-3H3/q+1. The second-order valence-electron chi connectivity index (χ2n) is 3.21. The Bertz CT molecular complexity index is 292. The second-order valence-corrected chi connectivity index (χ2v) is 3.21. The first-order valence-corrected chi connectivity index (χ1v) is 4.12. The molecule has 0 spiro atoms. The fourth-order valence-corrected chi connectivity index (χ4v) is 1.26. The third-order valence-corrected chi connectivity index (χ3v) is 1.90. The van der Waals surface area contributed by atoms with Gasteiger partial charge in [-0.25, -0.2) is 0 Å². The molecule has 0 aliphatic heterocycles. The number of benzene rings is 1. The molecule has 0 atom stereocenters. The zero-order valence-corrected chi connectivity index (χ0v) is 7.74. The van der Waals surface area contributed by atoms with Gasteiger partial charge in [0.1, 0.15) is 0 Å². The molecule has 0 aromatic heterocycles. The highest BCUT2D eigenvalue weighted by Crippen LogP contribution is 2.24. The van der Waals surface area contributed by atoms with Gasteiger partial charge >= 0.3 is 0 Å². The van der Waals surface area contributed by atoms with E-state index in [1.165, 1.54) is 7.05 Å². The van der Waals surface area contributed by atoms with E-state index in [0.717, 1.165) is 16.0 Å². The Morgan fingerprint density at radius 2 is 1.83 bits per heavy atom. The van der Waals surface area contributed by atoms with Gasteiger partial charge in [0.25, 0.3) is 5.69 Å². The molecule has 64 valence electrons. The number of para-hydroxylation sites is 1. The van der Waals surface area contributed by atoms with Crippen LogP contribution in [0, 0.1) is 4.91 Å². The molecule has 0 N–H and O–H groups in total. The molecule has 0 radical (unpaired) electrons. The number of hydrogen-bond donors (Lipinski definition) is 0. The topological polar surface area (TPSA) is 20.1 Å². The Morgan fingerprint density at radius 1 is 1.25 bits per heavy atom. The van der Waals surface area contributed by atoms with E-state index in [-0.39, 0.29) is 0 Å². The SMILES string of the molecule is CC(C)c1ccccc1[N+](C)=O. The fourth-order valence-electron chi connectivity index (χ4n) is 1.26. The highest BCUT2D eigenvalue weighted by atomic mass is 16.3. The van der Waals surface area contributed by atoms with E-state index >= 15 is 0 Å². The molecule has 0 unspecified atom stereocenters. The van der Waals surface area contributed by atoms with Crippen molar-refractivity contribution in [2.75, 3.05) is 7.05 Å². The zero-order chi connectivity index (χ0) is 9.14. The van der Waals surface area contributed by atoms with E-state index in [1.54, 1.807) is 0 Å². The van der Waals surface area contributed by atoms with Crippen LogP contribution in [-0.4, -0.2) is 11.8 Å². The van der Waals surface area contributed by atoms with E-state index in [4.69, 9.17) is 0 Å². The molecule has 0 aliphatic carbocycles. The third kappa shape index (κ3) is 1.70. The average molecular weight is 164 g/mol. The monoisotopic (exact) mass is 164 g/mol. The molecule has 0 amide bonds. The Morgan fingerprint density at radius 3 is 2.25 bits per heavy atom. The van der Waals surface area contributed by atoms with Crippen LogP contribution >= 0.6 is 0 Å². The van der Waals surface area contributed by atoms with E-state index < -0.39 is 0 Å². The Kier molecular flexibility index (Phi) is 2.58. The Hall–Kier alpha value is -1.18. The summed E-state index contributed by atoms with van der Waals surface area (Å²) in [5.41, 5.74) is 1.88. The highest BCUT2D eigenvalue weighted by Gasteiger charge is 2.14. The molecule has 0 heterocycles. The van der Waals surface area contributed by atoms with Gasteiger partial charge < -0.3 is 0 Å². The predicted molar refractivity (Wildman–Crippen MR) is 49.7 cm³/mol. The van der Waals surface area contributed by atoms with Crippen molar-refractivity contribution in [3.05, 3.63) is 34.7 Å². The van der Waals surface area contributed by atoms with Gasteiger partial charge in [-0.15, -0.1) is 0 Å². The van der Waals surface area contributed by atoms with Crippen LogP contribution < -0.4 is 0 Å². The lowest BCUT2D eigenvalue weighted by Gasteiger charge is -2.03. The van der Waals surface area contributed by atoms with Crippen molar-refractivity contribution in [3.63, 3.8) is 0 Å². The van der Waals surface area contributed by atoms with Crippen molar-refractivity contribution in [1.29, 1.82) is 0 Å². The smallest absolute Gasteiger partial charge is 0.0615 e. The van der Waals surface area contributed by atoms with E-state index in [2.05, 4.69) is 13.8 Å². The first kappa shape index (κ1) is 8.91. The maximum atomic E-state index is 11.1. The van der Waals surface area contributed by atoms with Gasteiger partial charge in [-0.3, -0.25) is 0 Å². The normalized spacial score (nSPS) is 10.3. The van der Waals surface area contributed by atoms with Crippen molar-refractivity contribution in [2.45, 2.75) is 19.8 Å². The first-order valence-electron chi connectivity index (χ1n) is 4.12. The predicted octanol–water partition coefficient (Wildman–Crippen LogP) is 2.85. The molecule has 1 rings (SSSR count). The van der Waals surface area contributed by atoms with Gasteiger partial charge in [-0.2, -0.15) is 0 Å². The lowest BCUT2D eigenvalue weighted by Crippen LogP contribution is -1.97. The second kappa shape index (κ2) is 3.48. The van der Waals surface area contributed by atoms with Crippen LogP contribution in [-0.2, 0) is 0 Å². The van der Waals surface area contributed by atoms with Gasteiger partial charge in [0.05, 0.1) is 0 Å². The van der Waals surface area contributed by atoms with Crippen molar-refractivity contribution in [1.82, 2.24) is 0 Å². The molecule has 0 bridgehead atoms. The van der Waals surface area contributed by atoms with Gasteiger partial charge in [-0.05, 0) is 5.92 Å². The van der Waals surface area contributed by atoms with Gasteiger partial charge in [0.15, 0.2) is 7.05 Å². The lowest BCUT2D eigenvalue weighted by atomic mass is 10.0. The summed E-state index contributed by atoms with van der Waals surface area (Å²) >= 11 is 0. The molecular weight excluding hydrogens is 150 g/mol. The van der Waals surface area contributed by atoms with Crippen molar-refractivity contribution in [2.24, 2.45) is 0 Å². The zero-order valence-electron chi connectivity index (χ0n) is 7.74. The molecule has 0 fully saturated rings. The van der Waals surface area contributed by atoms with Crippen LogP contribution in [0.2, 0.25) is 0 Å². The van der Waals surface area contributed by atoms with Crippen molar-refractivity contribution >= 4 is 5.69 Å². The van der Waals surface area contributed by atoms with Crippen LogP contribution in [0.3, 0.4) is 0 Å². The first-order chi connectivity index (χ1) is 5.63. The summed E-state index contributed by atoms with van der Waals surface area (Å²) in [6.45, 7) is 4.17. The van der Waals surface area contributed by atoms with Crippen LogP contribution in [0.5, 0.6) is 0 Å². The quantitative estimate of drug-likeness (QED) is 0.615. The maximum Gasteiger partial charge on any atom is 0.259 e. The third-order valence-electron chi connectivity index (χ3n) is 1.90. The fraction of sp³-hybridized carbons (Fsp3) is 0.400. The number of hydrogen-bond acceptors (Lipinski definition) is 1. The summed E-state index contributed by atoms with van der Waals surface area (Å²) in [6.07, 6.45) is 0. The number of rotatable bonds is 2. The lowest BCUT2D eigenvalue weighted by molar-refractivity contribution is -0.429. The average Bonchev–Trinajstić information content (AvgIpc) is 2.04. The molecule has 2 heteroatoms. The van der Waals surface area contributed by atoms with Gasteiger partial charge in [-0.1, -0.05) is 32.0 Å². The van der Waals surface area contributed by atoms with Crippen molar-refractivity contribution < 1.29 is 4.76 Å². The van der Waals surface area contributed by atoms with Crippen LogP contribution in [0.25, 0.3) is 0 Å². The summed E-state index contributed by atoms with van der Waals surface area (Å²) in [7, 11) is 1.53. The minimum atomic E-state index is 0.401. The summed E-state index contributed by atoms with van der Waals surface area (Å²) < 4.78 is 0.912. The number of nitroso groups, excluding NO2 is 1.